The molecule has 0 aliphatic heterocycles. The van der Waals surface area contributed by atoms with Crippen LogP contribution in [-0.4, -0.2) is 11.8 Å². The maximum atomic E-state index is 12.4. The third-order valence-electron chi connectivity index (χ3n) is 1.18. The zero-order chi connectivity index (χ0) is 11.5. The number of halogens is 6. The van der Waals surface area contributed by atoms with E-state index in [1.165, 1.54) is 13.8 Å². The van der Waals surface area contributed by atoms with Gasteiger partial charge in [-0.05, 0) is 25.4 Å². The lowest BCUT2D eigenvalue weighted by Crippen LogP contribution is -2.11. The van der Waals surface area contributed by atoms with Crippen LogP contribution in [0.4, 0.5) is 17.6 Å². The van der Waals surface area contributed by atoms with Crippen LogP contribution in [0.2, 0.25) is 0 Å². The molecule has 0 saturated heterocycles. The predicted molar refractivity (Wildman–Crippen MR) is 49.1 cm³/mol. The molecular formula is C8H8Cl2F4. The molecule has 0 aromatic carbocycles. The Balaban J connectivity index is 5.29. The molecule has 14 heavy (non-hydrogen) atoms. The number of alkyl halides is 5. The summed E-state index contributed by atoms with van der Waals surface area (Å²) in [5.74, 6) is 0. The minimum atomic E-state index is -3.96. The van der Waals surface area contributed by atoms with Crippen LogP contribution in [0.15, 0.2) is 22.3 Å². The standard InChI is InChI=1S/C8H8Cl2F4/c1-4(2)3-5(7(11)12)6(9)8(10,13)14/h3,7H,1-2H3. The first-order valence-corrected chi connectivity index (χ1v) is 4.31. The van der Waals surface area contributed by atoms with Crippen molar-refractivity contribution in [3.05, 3.63) is 22.3 Å². The summed E-state index contributed by atoms with van der Waals surface area (Å²) in [4.78, 5) is 0. The fourth-order valence-electron chi connectivity index (χ4n) is 0.697. The summed E-state index contributed by atoms with van der Waals surface area (Å²) in [5.41, 5.74) is -0.522. The summed E-state index contributed by atoms with van der Waals surface area (Å²) in [6, 6.07) is 0. The van der Waals surface area contributed by atoms with Crippen LogP contribution in [0, 0.1) is 0 Å². The molecule has 0 unspecified atom stereocenters. The van der Waals surface area contributed by atoms with Crippen molar-refractivity contribution < 1.29 is 17.6 Å². The van der Waals surface area contributed by atoms with E-state index in [4.69, 9.17) is 11.6 Å². The van der Waals surface area contributed by atoms with Crippen LogP contribution in [0.1, 0.15) is 13.8 Å². The Labute approximate surface area is 89.2 Å². The van der Waals surface area contributed by atoms with Gasteiger partial charge in [0.25, 0.3) is 6.43 Å². The molecule has 0 heterocycles. The summed E-state index contributed by atoms with van der Waals surface area (Å²) < 4.78 is 49.3. The Morgan fingerprint density at radius 3 is 1.93 bits per heavy atom. The lowest BCUT2D eigenvalue weighted by molar-refractivity contribution is 0.138. The molecule has 0 fully saturated rings. The first-order valence-electron chi connectivity index (χ1n) is 3.56. The van der Waals surface area contributed by atoms with E-state index in [0.29, 0.717) is 5.57 Å². The second-order valence-electron chi connectivity index (χ2n) is 2.79. The van der Waals surface area contributed by atoms with Crippen LogP contribution >= 0.6 is 23.2 Å². The minimum Gasteiger partial charge on any atom is -0.205 e. The quantitative estimate of drug-likeness (QED) is 0.392. The van der Waals surface area contributed by atoms with Crippen molar-refractivity contribution in [3.63, 3.8) is 0 Å². The van der Waals surface area contributed by atoms with Gasteiger partial charge in [0.2, 0.25) is 0 Å². The number of hydrogen-bond donors (Lipinski definition) is 0. The molecule has 0 N–H and O–H groups in total. The maximum absolute atomic E-state index is 12.4. The second-order valence-corrected chi connectivity index (χ2v) is 3.64. The SMILES string of the molecule is CC(C)=CC(=C(Cl)C(F)(F)Cl)C(F)F. The molecular weight excluding hydrogens is 243 g/mol. The van der Waals surface area contributed by atoms with Crippen LogP contribution in [0.3, 0.4) is 0 Å². The molecule has 0 amide bonds. The molecule has 82 valence electrons. The Morgan fingerprint density at radius 2 is 1.71 bits per heavy atom. The van der Waals surface area contributed by atoms with Crippen LogP contribution in [-0.2, 0) is 0 Å². The van der Waals surface area contributed by atoms with E-state index in [1.807, 2.05) is 0 Å². The van der Waals surface area contributed by atoms with Gasteiger partial charge in [0.05, 0.1) is 0 Å². The van der Waals surface area contributed by atoms with E-state index in [2.05, 4.69) is 11.6 Å². The van der Waals surface area contributed by atoms with E-state index in [1.54, 1.807) is 0 Å². The maximum Gasteiger partial charge on any atom is 0.359 e. The van der Waals surface area contributed by atoms with Gasteiger partial charge >= 0.3 is 5.38 Å². The number of rotatable bonds is 3. The van der Waals surface area contributed by atoms with E-state index in [9.17, 15) is 17.6 Å². The summed E-state index contributed by atoms with van der Waals surface area (Å²) in [6.07, 6.45) is -2.20. The van der Waals surface area contributed by atoms with Crippen LogP contribution in [0.25, 0.3) is 0 Å². The zero-order valence-corrected chi connectivity index (χ0v) is 8.93. The van der Waals surface area contributed by atoms with Crippen molar-refractivity contribution in [3.8, 4) is 0 Å². The van der Waals surface area contributed by atoms with Crippen LogP contribution < -0.4 is 0 Å². The summed E-state index contributed by atoms with van der Waals surface area (Å²) in [6.45, 7) is 2.97. The molecule has 0 nitrogen and oxygen atoms in total. The van der Waals surface area contributed by atoms with Crippen molar-refractivity contribution in [2.24, 2.45) is 0 Å². The van der Waals surface area contributed by atoms with E-state index >= 15 is 0 Å². The third-order valence-corrected chi connectivity index (χ3v) is 1.92. The van der Waals surface area contributed by atoms with Gasteiger partial charge in [0, 0.05) is 5.57 Å². The molecule has 0 atom stereocenters. The monoisotopic (exact) mass is 250 g/mol. The molecule has 0 aliphatic carbocycles. The molecule has 0 aromatic rings. The second kappa shape index (κ2) is 5.03. The van der Waals surface area contributed by atoms with E-state index in [0.717, 1.165) is 6.08 Å². The highest BCUT2D eigenvalue weighted by atomic mass is 35.5. The molecule has 0 saturated carbocycles. The highest BCUT2D eigenvalue weighted by Crippen LogP contribution is 2.36. The molecule has 0 radical (unpaired) electrons. The van der Waals surface area contributed by atoms with Gasteiger partial charge in [0.15, 0.2) is 0 Å². The Morgan fingerprint density at radius 1 is 1.29 bits per heavy atom. The van der Waals surface area contributed by atoms with Gasteiger partial charge in [0.1, 0.15) is 5.03 Å². The molecule has 0 rings (SSSR count). The molecule has 6 heteroatoms. The summed E-state index contributed by atoms with van der Waals surface area (Å²) >= 11 is 9.56. The van der Waals surface area contributed by atoms with Gasteiger partial charge in [-0.1, -0.05) is 23.3 Å². The smallest absolute Gasteiger partial charge is 0.205 e. The minimum absolute atomic E-state index is 0.430. The van der Waals surface area contributed by atoms with Gasteiger partial charge in [-0.3, -0.25) is 0 Å². The van der Waals surface area contributed by atoms with Gasteiger partial charge in [-0.2, -0.15) is 8.78 Å². The van der Waals surface area contributed by atoms with Crippen LogP contribution in [0.5, 0.6) is 0 Å². The van der Waals surface area contributed by atoms with Gasteiger partial charge in [-0.25, -0.2) is 8.78 Å². The third kappa shape index (κ3) is 4.33. The Bertz CT molecular complexity index is 259. The highest BCUT2D eigenvalue weighted by Gasteiger charge is 2.34. The average Bonchev–Trinajstić information content (AvgIpc) is 1.96. The van der Waals surface area contributed by atoms with Crippen molar-refractivity contribution in [1.82, 2.24) is 0 Å². The summed E-state index contributed by atoms with van der Waals surface area (Å²) in [7, 11) is 0. The topological polar surface area (TPSA) is 0 Å². The number of hydrogen-bond acceptors (Lipinski definition) is 0. The van der Waals surface area contributed by atoms with E-state index in [-0.39, 0.29) is 0 Å². The average molecular weight is 251 g/mol. The van der Waals surface area contributed by atoms with Crippen molar-refractivity contribution in [2.75, 3.05) is 0 Å². The van der Waals surface area contributed by atoms with Gasteiger partial charge in [-0.15, -0.1) is 0 Å². The number of allylic oxidation sites excluding steroid dienone is 4. The zero-order valence-electron chi connectivity index (χ0n) is 7.42. The first-order chi connectivity index (χ1) is 6.16. The van der Waals surface area contributed by atoms with Crippen molar-refractivity contribution >= 4 is 23.2 Å². The Kier molecular flexibility index (Phi) is 4.95. The molecule has 0 aromatic heterocycles. The predicted octanol–water partition coefficient (Wildman–Crippen LogP) is 4.54. The highest BCUT2D eigenvalue weighted by molar-refractivity contribution is 6.38. The normalized spacial score (nSPS) is 14.1. The molecule has 0 bridgehead atoms. The Hall–Kier alpha value is -0.220. The largest absolute Gasteiger partial charge is 0.359 e. The van der Waals surface area contributed by atoms with Crippen molar-refractivity contribution in [2.45, 2.75) is 25.7 Å². The fourth-order valence-corrected chi connectivity index (χ4v) is 0.943. The molecule has 0 aliphatic rings. The van der Waals surface area contributed by atoms with Crippen molar-refractivity contribution in [1.29, 1.82) is 0 Å². The summed E-state index contributed by atoms with van der Waals surface area (Å²) in [5, 5.41) is -5.30. The fraction of sp³-hybridized carbons (Fsp3) is 0.500. The molecule has 0 spiro atoms. The lowest BCUT2D eigenvalue weighted by atomic mass is 10.2. The van der Waals surface area contributed by atoms with E-state index < -0.39 is 22.4 Å². The first kappa shape index (κ1) is 13.8. The van der Waals surface area contributed by atoms with Gasteiger partial charge < -0.3 is 0 Å². The lowest BCUT2D eigenvalue weighted by Gasteiger charge is -2.10.